The van der Waals surface area contributed by atoms with Crippen LogP contribution in [0.4, 0.5) is 11.5 Å². The van der Waals surface area contributed by atoms with Crippen molar-refractivity contribution in [2.24, 2.45) is 7.05 Å². The van der Waals surface area contributed by atoms with Crippen molar-refractivity contribution in [3.05, 3.63) is 48.7 Å². The zero-order valence-electron chi connectivity index (χ0n) is 11.3. The lowest BCUT2D eigenvalue weighted by Crippen LogP contribution is -2.15. The topological polar surface area (TPSA) is 90.0 Å². The van der Waals surface area contributed by atoms with E-state index in [0.717, 1.165) is 5.39 Å². The normalized spacial score (nSPS) is 11.7. The second-order valence-electron chi connectivity index (χ2n) is 4.68. The fourth-order valence-corrected chi connectivity index (χ4v) is 3.49. The van der Waals surface area contributed by atoms with Crippen LogP contribution in [-0.2, 0) is 17.1 Å². The van der Waals surface area contributed by atoms with Gasteiger partial charge < -0.3 is 5.73 Å². The average Bonchev–Trinajstić information content (AvgIpc) is 2.82. The second-order valence-corrected chi connectivity index (χ2v) is 6.33. The molecule has 0 aliphatic heterocycles. The first-order chi connectivity index (χ1) is 9.97. The maximum atomic E-state index is 12.6. The summed E-state index contributed by atoms with van der Waals surface area (Å²) in [6, 6.07) is 11.8. The minimum absolute atomic E-state index is 0.209. The Labute approximate surface area is 122 Å². The zero-order chi connectivity index (χ0) is 15.0. The highest BCUT2D eigenvalue weighted by Crippen LogP contribution is 2.26. The summed E-state index contributed by atoms with van der Waals surface area (Å²) >= 11 is 0. The number of nitrogens with two attached hydrogens (primary N) is 1. The van der Waals surface area contributed by atoms with Crippen LogP contribution in [0.15, 0.2) is 53.6 Å². The number of nitrogens with zero attached hydrogens (tertiary/aromatic N) is 2. The summed E-state index contributed by atoms with van der Waals surface area (Å²) in [6.45, 7) is 0. The van der Waals surface area contributed by atoms with Gasteiger partial charge in [0.2, 0.25) is 0 Å². The Balaban J connectivity index is 2.13. The lowest BCUT2D eigenvalue weighted by atomic mass is 10.1. The Morgan fingerprint density at radius 1 is 1.19 bits per heavy atom. The van der Waals surface area contributed by atoms with Crippen molar-refractivity contribution >= 4 is 32.3 Å². The van der Waals surface area contributed by atoms with Gasteiger partial charge in [0.05, 0.1) is 11.1 Å². The van der Waals surface area contributed by atoms with Crippen LogP contribution in [0.1, 0.15) is 0 Å². The molecule has 6 nitrogen and oxygen atoms in total. The smallest absolute Gasteiger partial charge is 0.263 e. The van der Waals surface area contributed by atoms with E-state index in [1.54, 1.807) is 43.4 Å². The van der Waals surface area contributed by atoms with E-state index in [-0.39, 0.29) is 4.90 Å². The molecule has 21 heavy (non-hydrogen) atoms. The van der Waals surface area contributed by atoms with Crippen LogP contribution in [0.25, 0.3) is 10.8 Å². The molecule has 7 heteroatoms. The molecular formula is C14H14N4O2S. The van der Waals surface area contributed by atoms with Gasteiger partial charge in [-0.05, 0) is 23.6 Å². The molecule has 0 saturated carbocycles. The van der Waals surface area contributed by atoms with Crippen molar-refractivity contribution in [2.45, 2.75) is 4.90 Å². The van der Waals surface area contributed by atoms with Crippen molar-refractivity contribution in [3.63, 3.8) is 0 Å². The van der Waals surface area contributed by atoms with E-state index in [4.69, 9.17) is 5.73 Å². The van der Waals surface area contributed by atoms with E-state index in [9.17, 15) is 8.42 Å². The fourth-order valence-electron chi connectivity index (χ4n) is 2.17. The fraction of sp³-hybridized carbons (Fsp3) is 0.0714. The molecule has 1 heterocycles. The predicted molar refractivity (Wildman–Crippen MR) is 82.4 cm³/mol. The number of aromatic nitrogens is 2. The molecule has 108 valence electrons. The van der Waals surface area contributed by atoms with Gasteiger partial charge in [-0.25, -0.2) is 8.42 Å². The van der Waals surface area contributed by atoms with Crippen molar-refractivity contribution in [3.8, 4) is 0 Å². The third-order valence-electron chi connectivity index (χ3n) is 3.21. The molecule has 0 bridgehead atoms. The maximum Gasteiger partial charge on any atom is 0.263 e. The van der Waals surface area contributed by atoms with E-state index in [2.05, 4.69) is 9.82 Å². The summed E-state index contributed by atoms with van der Waals surface area (Å²) in [4.78, 5) is 0.209. The van der Waals surface area contributed by atoms with Crippen LogP contribution in [0.2, 0.25) is 0 Å². The molecule has 0 amide bonds. The molecule has 3 rings (SSSR count). The Morgan fingerprint density at radius 2 is 2.00 bits per heavy atom. The number of benzene rings is 2. The van der Waals surface area contributed by atoms with Gasteiger partial charge in [0, 0.05) is 24.2 Å². The summed E-state index contributed by atoms with van der Waals surface area (Å²) in [5.41, 5.74) is 6.33. The first-order valence-electron chi connectivity index (χ1n) is 6.26. The van der Waals surface area contributed by atoms with Gasteiger partial charge in [0.25, 0.3) is 10.0 Å². The number of fused-ring (bicyclic) bond motifs is 1. The third kappa shape index (κ3) is 2.43. The van der Waals surface area contributed by atoms with Crippen LogP contribution in [0.5, 0.6) is 0 Å². The van der Waals surface area contributed by atoms with Crippen molar-refractivity contribution in [2.75, 3.05) is 10.5 Å². The number of nitrogens with one attached hydrogen (secondary N) is 1. The minimum atomic E-state index is -3.70. The van der Waals surface area contributed by atoms with Crippen molar-refractivity contribution in [1.29, 1.82) is 0 Å². The van der Waals surface area contributed by atoms with E-state index in [0.29, 0.717) is 16.9 Å². The Kier molecular flexibility index (Phi) is 3.06. The highest BCUT2D eigenvalue weighted by Gasteiger charge is 2.18. The van der Waals surface area contributed by atoms with Crippen LogP contribution < -0.4 is 10.5 Å². The minimum Gasteiger partial charge on any atom is -0.399 e. The molecule has 2 aromatic carbocycles. The summed E-state index contributed by atoms with van der Waals surface area (Å²) in [5, 5.41) is 5.35. The van der Waals surface area contributed by atoms with Gasteiger partial charge in [-0.2, -0.15) is 5.10 Å². The molecule has 1 aromatic heterocycles. The van der Waals surface area contributed by atoms with Gasteiger partial charge in [-0.1, -0.05) is 18.2 Å². The van der Waals surface area contributed by atoms with Crippen LogP contribution in [0.3, 0.4) is 0 Å². The first kappa shape index (κ1) is 13.4. The predicted octanol–water partition coefficient (Wildman–Crippen LogP) is 1.96. The molecule has 0 atom stereocenters. The van der Waals surface area contributed by atoms with Crippen LogP contribution in [0, 0.1) is 0 Å². The quantitative estimate of drug-likeness (QED) is 0.724. The average molecular weight is 302 g/mol. The second kappa shape index (κ2) is 4.78. The molecule has 0 saturated heterocycles. The van der Waals surface area contributed by atoms with Gasteiger partial charge in [-0.15, -0.1) is 0 Å². The summed E-state index contributed by atoms with van der Waals surface area (Å²) in [6.07, 6.45) is 1.53. The lowest BCUT2D eigenvalue weighted by molar-refractivity contribution is 0.601. The van der Waals surface area contributed by atoms with E-state index >= 15 is 0 Å². The zero-order valence-corrected chi connectivity index (χ0v) is 12.1. The van der Waals surface area contributed by atoms with Crippen LogP contribution in [-0.4, -0.2) is 18.2 Å². The van der Waals surface area contributed by atoms with E-state index < -0.39 is 10.0 Å². The Hall–Kier alpha value is -2.54. The highest BCUT2D eigenvalue weighted by atomic mass is 32.2. The summed E-state index contributed by atoms with van der Waals surface area (Å²) in [5.74, 6) is 0.405. The number of anilines is 2. The number of rotatable bonds is 3. The number of nitrogen functional groups attached to an aromatic ring is 1. The molecule has 3 aromatic rings. The molecule has 0 aliphatic carbocycles. The number of sulfonamides is 1. The number of hydrogen-bond donors (Lipinski definition) is 2. The standard InChI is InChI=1S/C14H14N4O2S/c1-18-14(7-8-16-18)17-21(19,20)13-4-2-3-10-9-11(15)5-6-12(10)13/h2-9,17H,15H2,1H3. The molecule has 0 fully saturated rings. The SMILES string of the molecule is Cn1nccc1NS(=O)(=O)c1cccc2cc(N)ccc12. The maximum absolute atomic E-state index is 12.6. The van der Waals surface area contributed by atoms with E-state index in [1.165, 1.54) is 10.9 Å². The molecule has 0 radical (unpaired) electrons. The van der Waals surface area contributed by atoms with Gasteiger partial charge in [-0.3, -0.25) is 9.40 Å². The number of aryl methyl sites for hydroxylation is 1. The highest BCUT2D eigenvalue weighted by molar-refractivity contribution is 7.93. The van der Waals surface area contributed by atoms with E-state index in [1.807, 2.05) is 6.07 Å². The molecule has 0 aliphatic rings. The van der Waals surface area contributed by atoms with Crippen LogP contribution >= 0.6 is 0 Å². The van der Waals surface area contributed by atoms with Gasteiger partial charge >= 0.3 is 0 Å². The van der Waals surface area contributed by atoms with Gasteiger partial charge in [0.15, 0.2) is 0 Å². The Bertz CT molecular complexity index is 916. The number of hydrogen-bond acceptors (Lipinski definition) is 4. The third-order valence-corrected chi connectivity index (χ3v) is 4.63. The molecular weight excluding hydrogens is 288 g/mol. The monoisotopic (exact) mass is 302 g/mol. The molecule has 0 unspecified atom stereocenters. The molecule has 0 spiro atoms. The van der Waals surface area contributed by atoms with Crippen molar-refractivity contribution in [1.82, 2.24) is 9.78 Å². The van der Waals surface area contributed by atoms with Gasteiger partial charge in [0.1, 0.15) is 5.82 Å². The largest absolute Gasteiger partial charge is 0.399 e. The van der Waals surface area contributed by atoms with Crippen molar-refractivity contribution < 1.29 is 8.42 Å². The Morgan fingerprint density at radius 3 is 2.71 bits per heavy atom. The summed E-state index contributed by atoms with van der Waals surface area (Å²) in [7, 11) is -2.03. The summed E-state index contributed by atoms with van der Waals surface area (Å²) < 4.78 is 29.1. The lowest BCUT2D eigenvalue weighted by Gasteiger charge is -2.11. The first-order valence-corrected chi connectivity index (χ1v) is 7.75. The molecule has 3 N–H and O–H groups in total.